The van der Waals surface area contributed by atoms with Crippen LogP contribution in [0.25, 0.3) is 0 Å². The molecular weight excluding hydrogens is 224 g/mol. The third kappa shape index (κ3) is 2.86. The van der Waals surface area contributed by atoms with Gasteiger partial charge in [-0.15, -0.1) is 0 Å². The maximum Gasteiger partial charge on any atom is 0.0666 e. The Morgan fingerprint density at radius 1 is 0.722 bits per heavy atom. The van der Waals surface area contributed by atoms with Crippen LogP contribution in [0, 0.1) is 22.7 Å². The second-order valence-electron chi connectivity index (χ2n) is 6.64. The van der Waals surface area contributed by atoms with E-state index in [2.05, 4.69) is 39.8 Å². The fourth-order valence-corrected chi connectivity index (χ4v) is 2.42. The van der Waals surface area contributed by atoms with Gasteiger partial charge in [-0.05, 0) is 13.8 Å². The van der Waals surface area contributed by atoms with Crippen molar-refractivity contribution in [2.75, 3.05) is 0 Å². The molecule has 2 N–H and O–H groups in total. The summed E-state index contributed by atoms with van der Waals surface area (Å²) >= 11 is 0. The van der Waals surface area contributed by atoms with E-state index in [1.165, 1.54) is 0 Å². The van der Waals surface area contributed by atoms with Gasteiger partial charge in [-0.3, -0.25) is 0 Å². The minimum Gasteiger partial charge on any atom is -0.392 e. The highest BCUT2D eigenvalue weighted by Crippen LogP contribution is 2.53. The molecular formula is C16H28O2. The second-order valence-corrected chi connectivity index (χ2v) is 6.64. The first-order valence-electron chi connectivity index (χ1n) is 6.83. The molecule has 2 heteroatoms. The summed E-state index contributed by atoms with van der Waals surface area (Å²) in [6, 6.07) is 0. The Kier molecular flexibility index (Phi) is 4.45. The number of aliphatic hydroxyl groups excluding tert-OH is 2. The predicted octanol–water partition coefficient (Wildman–Crippen LogP) is 3.16. The number of aliphatic hydroxyl groups is 2. The first-order valence-corrected chi connectivity index (χ1v) is 6.83. The maximum atomic E-state index is 9.23. The van der Waals surface area contributed by atoms with E-state index in [0.717, 1.165) is 0 Å². The lowest BCUT2D eigenvalue weighted by molar-refractivity contribution is 0.232. The van der Waals surface area contributed by atoms with Gasteiger partial charge in [0.05, 0.1) is 12.2 Å². The minimum absolute atomic E-state index is 0.103. The summed E-state index contributed by atoms with van der Waals surface area (Å²) < 4.78 is 0. The maximum absolute atomic E-state index is 9.23. The molecule has 0 aromatic carbocycles. The van der Waals surface area contributed by atoms with Crippen molar-refractivity contribution in [2.45, 2.75) is 53.8 Å². The van der Waals surface area contributed by atoms with Crippen LogP contribution in [0.15, 0.2) is 24.3 Å². The van der Waals surface area contributed by atoms with E-state index in [1.54, 1.807) is 0 Å². The molecule has 0 aromatic heterocycles. The Balaban J connectivity index is 0.000000180. The summed E-state index contributed by atoms with van der Waals surface area (Å²) in [7, 11) is 0. The van der Waals surface area contributed by atoms with E-state index >= 15 is 0 Å². The smallest absolute Gasteiger partial charge is 0.0666 e. The van der Waals surface area contributed by atoms with Gasteiger partial charge in [-0.2, -0.15) is 0 Å². The fraction of sp³-hybridized carbons (Fsp3) is 0.750. The third-order valence-electron chi connectivity index (χ3n) is 4.50. The molecule has 2 aliphatic carbocycles. The molecule has 2 fully saturated rings. The average molecular weight is 252 g/mol. The highest BCUT2D eigenvalue weighted by molar-refractivity contribution is 5.15. The molecule has 0 spiro atoms. The van der Waals surface area contributed by atoms with Crippen molar-refractivity contribution in [2.24, 2.45) is 22.7 Å². The summed E-state index contributed by atoms with van der Waals surface area (Å²) in [5.41, 5.74) is 0.291. The van der Waals surface area contributed by atoms with Gasteiger partial charge in [-0.1, -0.05) is 52.0 Å². The van der Waals surface area contributed by atoms with Crippen molar-refractivity contribution in [3.8, 4) is 0 Å². The molecule has 104 valence electrons. The molecule has 2 saturated carbocycles. The summed E-state index contributed by atoms with van der Waals surface area (Å²) in [6.45, 7) is 12.3. The zero-order valence-corrected chi connectivity index (χ0v) is 12.5. The van der Waals surface area contributed by atoms with Crippen LogP contribution in [-0.2, 0) is 0 Å². The predicted molar refractivity (Wildman–Crippen MR) is 76.2 cm³/mol. The van der Waals surface area contributed by atoms with Crippen molar-refractivity contribution in [3.63, 3.8) is 0 Å². The van der Waals surface area contributed by atoms with Crippen LogP contribution >= 0.6 is 0 Å². The molecule has 2 rings (SSSR count). The van der Waals surface area contributed by atoms with E-state index in [9.17, 15) is 10.2 Å². The van der Waals surface area contributed by atoms with Crippen LogP contribution < -0.4 is 0 Å². The Bertz CT molecular complexity index is 305. The standard InChI is InChI=1S/2C8H14O/c2*1-4-5-6-7(9)8(6,2)3/h2*4-7,9H,1-3H3/b2*5-4+. The van der Waals surface area contributed by atoms with Gasteiger partial charge in [-0.25, -0.2) is 0 Å². The van der Waals surface area contributed by atoms with Gasteiger partial charge < -0.3 is 10.2 Å². The summed E-state index contributed by atoms with van der Waals surface area (Å²) in [5, 5.41) is 18.5. The molecule has 4 atom stereocenters. The highest BCUT2D eigenvalue weighted by Gasteiger charge is 2.55. The van der Waals surface area contributed by atoms with Gasteiger partial charge in [0.25, 0.3) is 0 Å². The number of allylic oxidation sites excluding steroid dienone is 2. The van der Waals surface area contributed by atoms with Crippen LogP contribution in [0.5, 0.6) is 0 Å². The number of rotatable bonds is 2. The molecule has 0 saturated heterocycles. The van der Waals surface area contributed by atoms with Gasteiger partial charge in [0.1, 0.15) is 0 Å². The molecule has 4 unspecified atom stereocenters. The Labute approximate surface area is 111 Å². The van der Waals surface area contributed by atoms with Crippen molar-refractivity contribution >= 4 is 0 Å². The van der Waals surface area contributed by atoms with E-state index in [4.69, 9.17) is 0 Å². The third-order valence-corrected chi connectivity index (χ3v) is 4.50. The quantitative estimate of drug-likeness (QED) is 0.741. The molecule has 0 radical (unpaired) electrons. The van der Waals surface area contributed by atoms with Crippen LogP contribution in [0.2, 0.25) is 0 Å². The molecule has 0 aliphatic heterocycles. The Morgan fingerprint density at radius 2 is 0.944 bits per heavy atom. The van der Waals surface area contributed by atoms with Crippen molar-refractivity contribution < 1.29 is 10.2 Å². The van der Waals surface area contributed by atoms with Crippen LogP contribution in [0.4, 0.5) is 0 Å². The van der Waals surface area contributed by atoms with E-state index in [0.29, 0.717) is 11.8 Å². The molecule has 18 heavy (non-hydrogen) atoms. The summed E-state index contributed by atoms with van der Waals surface area (Å²) in [6.07, 6.45) is 7.95. The molecule has 0 heterocycles. The van der Waals surface area contributed by atoms with Crippen molar-refractivity contribution in [3.05, 3.63) is 24.3 Å². The zero-order chi connectivity index (χ0) is 14.1. The Morgan fingerprint density at radius 3 is 1.00 bits per heavy atom. The number of hydrogen-bond donors (Lipinski definition) is 2. The normalized spacial score (nSPS) is 39.6. The lowest BCUT2D eigenvalue weighted by Gasteiger charge is -1.93. The molecule has 0 aromatic rings. The molecule has 2 aliphatic rings. The largest absolute Gasteiger partial charge is 0.392 e. The fourth-order valence-electron chi connectivity index (χ4n) is 2.42. The Hall–Kier alpha value is -0.600. The lowest BCUT2D eigenvalue weighted by atomic mass is 10.1. The first kappa shape index (κ1) is 15.5. The van der Waals surface area contributed by atoms with E-state index < -0.39 is 0 Å². The van der Waals surface area contributed by atoms with Gasteiger partial charge in [0, 0.05) is 22.7 Å². The molecule has 2 nitrogen and oxygen atoms in total. The van der Waals surface area contributed by atoms with E-state index in [-0.39, 0.29) is 23.0 Å². The highest BCUT2D eigenvalue weighted by atomic mass is 16.3. The van der Waals surface area contributed by atoms with Crippen LogP contribution in [-0.4, -0.2) is 22.4 Å². The van der Waals surface area contributed by atoms with Gasteiger partial charge in [0.2, 0.25) is 0 Å². The first-order chi connectivity index (χ1) is 8.21. The summed E-state index contributed by atoms with van der Waals surface area (Å²) in [5.74, 6) is 0.810. The van der Waals surface area contributed by atoms with Gasteiger partial charge >= 0.3 is 0 Å². The summed E-state index contributed by atoms with van der Waals surface area (Å²) in [4.78, 5) is 0. The van der Waals surface area contributed by atoms with Crippen LogP contribution in [0.1, 0.15) is 41.5 Å². The van der Waals surface area contributed by atoms with Crippen molar-refractivity contribution in [1.82, 2.24) is 0 Å². The lowest BCUT2D eigenvalue weighted by Crippen LogP contribution is -1.91. The zero-order valence-electron chi connectivity index (χ0n) is 12.5. The van der Waals surface area contributed by atoms with Gasteiger partial charge in [0.15, 0.2) is 0 Å². The van der Waals surface area contributed by atoms with E-state index in [1.807, 2.05) is 26.0 Å². The van der Waals surface area contributed by atoms with Crippen LogP contribution in [0.3, 0.4) is 0 Å². The number of hydrogen-bond acceptors (Lipinski definition) is 2. The second kappa shape index (κ2) is 5.18. The topological polar surface area (TPSA) is 40.5 Å². The average Bonchev–Trinajstić information content (AvgIpc) is 2.95. The monoisotopic (exact) mass is 252 g/mol. The molecule has 0 amide bonds. The SMILES string of the molecule is C/C=C/C1C(O)C1(C)C.C/C=C/C1C(O)C1(C)C. The minimum atomic E-state index is -0.103. The molecule has 0 bridgehead atoms. The van der Waals surface area contributed by atoms with Crippen molar-refractivity contribution in [1.29, 1.82) is 0 Å².